The normalized spacial score (nSPS) is 25.2. The van der Waals surface area contributed by atoms with Gasteiger partial charge in [-0.05, 0) is 49.3 Å². The van der Waals surface area contributed by atoms with Crippen LogP contribution in [0.25, 0.3) is 0 Å². The maximum atomic E-state index is 13.1. The van der Waals surface area contributed by atoms with Crippen molar-refractivity contribution in [3.05, 3.63) is 35.6 Å². The Morgan fingerprint density at radius 3 is 2.18 bits per heavy atom. The van der Waals surface area contributed by atoms with Crippen LogP contribution >= 0.6 is 0 Å². The fourth-order valence-corrected chi connectivity index (χ4v) is 5.18. The summed E-state index contributed by atoms with van der Waals surface area (Å²) in [6.07, 6.45) is 4.76. The van der Waals surface area contributed by atoms with E-state index in [9.17, 15) is 12.8 Å². The highest BCUT2D eigenvalue weighted by Gasteiger charge is 2.34. The SMILES string of the molecule is O=S(=O)(N1CCCC1)N1CCCCC(c2ccc(F)cc2)C1. The zero-order chi connectivity index (χ0) is 15.6. The Balaban J connectivity index is 1.79. The minimum absolute atomic E-state index is 0.153. The van der Waals surface area contributed by atoms with E-state index in [-0.39, 0.29) is 11.7 Å². The van der Waals surface area contributed by atoms with Crippen molar-refractivity contribution in [1.29, 1.82) is 0 Å². The quantitative estimate of drug-likeness (QED) is 0.857. The molecule has 0 saturated carbocycles. The number of nitrogens with zero attached hydrogens (tertiary/aromatic N) is 2. The van der Waals surface area contributed by atoms with Crippen molar-refractivity contribution in [3.63, 3.8) is 0 Å². The molecule has 0 bridgehead atoms. The topological polar surface area (TPSA) is 40.6 Å². The molecule has 2 fully saturated rings. The first kappa shape index (κ1) is 15.9. The molecule has 0 aliphatic carbocycles. The highest BCUT2D eigenvalue weighted by Crippen LogP contribution is 2.29. The van der Waals surface area contributed by atoms with E-state index in [2.05, 4.69) is 0 Å². The smallest absolute Gasteiger partial charge is 0.207 e. The molecule has 0 amide bonds. The minimum Gasteiger partial charge on any atom is -0.207 e. The highest BCUT2D eigenvalue weighted by molar-refractivity contribution is 7.86. The van der Waals surface area contributed by atoms with Gasteiger partial charge in [0.05, 0.1) is 0 Å². The van der Waals surface area contributed by atoms with E-state index >= 15 is 0 Å². The molecule has 22 heavy (non-hydrogen) atoms. The molecule has 122 valence electrons. The molecule has 2 saturated heterocycles. The summed E-state index contributed by atoms with van der Waals surface area (Å²) in [6.45, 7) is 2.38. The summed E-state index contributed by atoms with van der Waals surface area (Å²) >= 11 is 0. The standard InChI is InChI=1S/C16H23FN2O2S/c17-16-8-6-14(7-9-16)15-5-1-2-12-19(13-15)22(20,21)18-10-3-4-11-18/h6-9,15H,1-5,10-13H2. The third-order valence-corrected chi connectivity index (χ3v) is 6.70. The van der Waals surface area contributed by atoms with Gasteiger partial charge in [0, 0.05) is 26.2 Å². The maximum Gasteiger partial charge on any atom is 0.281 e. The molecule has 2 aliphatic rings. The van der Waals surface area contributed by atoms with Crippen LogP contribution in [0.1, 0.15) is 43.6 Å². The lowest BCUT2D eigenvalue weighted by Gasteiger charge is -2.28. The number of hydrogen-bond donors (Lipinski definition) is 0. The molecule has 1 unspecified atom stereocenters. The summed E-state index contributed by atoms with van der Waals surface area (Å²) in [5.74, 6) is -0.0978. The van der Waals surface area contributed by atoms with Gasteiger partial charge in [-0.3, -0.25) is 0 Å². The van der Waals surface area contributed by atoms with Gasteiger partial charge in [-0.2, -0.15) is 17.0 Å². The van der Waals surface area contributed by atoms with Crippen LogP contribution in [0.2, 0.25) is 0 Å². The van der Waals surface area contributed by atoms with Gasteiger partial charge in [-0.1, -0.05) is 18.6 Å². The maximum absolute atomic E-state index is 13.1. The van der Waals surface area contributed by atoms with Crippen molar-refractivity contribution in [2.45, 2.75) is 38.0 Å². The van der Waals surface area contributed by atoms with E-state index in [1.807, 2.05) is 0 Å². The molecular formula is C16H23FN2O2S. The Hall–Kier alpha value is -0.980. The number of benzene rings is 1. The molecule has 1 aromatic carbocycles. The van der Waals surface area contributed by atoms with Gasteiger partial charge in [0.15, 0.2) is 0 Å². The van der Waals surface area contributed by atoms with Crippen LogP contribution < -0.4 is 0 Å². The van der Waals surface area contributed by atoms with Crippen LogP contribution in [-0.2, 0) is 10.2 Å². The van der Waals surface area contributed by atoms with Gasteiger partial charge in [0.2, 0.25) is 0 Å². The predicted octanol–water partition coefficient (Wildman–Crippen LogP) is 2.74. The molecule has 1 aromatic rings. The van der Waals surface area contributed by atoms with E-state index < -0.39 is 10.2 Å². The van der Waals surface area contributed by atoms with E-state index in [0.29, 0.717) is 26.2 Å². The highest BCUT2D eigenvalue weighted by atomic mass is 32.2. The molecule has 2 heterocycles. The average Bonchev–Trinajstić information content (AvgIpc) is 2.94. The average molecular weight is 326 g/mol. The Morgan fingerprint density at radius 1 is 0.909 bits per heavy atom. The Bertz CT molecular complexity index is 597. The van der Waals surface area contributed by atoms with Gasteiger partial charge in [-0.25, -0.2) is 4.39 Å². The van der Waals surface area contributed by atoms with Crippen LogP contribution in [-0.4, -0.2) is 43.2 Å². The molecule has 0 N–H and O–H groups in total. The monoisotopic (exact) mass is 326 g/mol. The van der Waals surface area contributed by atoms with Crippen LogP contribution in [0.4, 0.5) is 4.39 Å². The molecule has 1 atom stereocenters. The van der Waals surface area contributed by atoms with Crippen molar-refractivity contribution >= 4 is 10.2 Å². The lowest BCUT2D eigenvalue weighted by molar-refractivity contribution is 0.357. The van der Waals surface area contributed by atoms with Gasteiger partial charge in [0.25, 0.3) is 10.2 Å². The number of rotatable bonds is 3. The van der Waals surface area contributed by atoms with Gasteiger partial charge >= 0.3 is 0 Å². The molecule has 2 aliphatic heterocycles. The number of halogens is 1. The fourth-order valence-electron chi connectivity index (χ4n) is 3.41. The second kappa shape index (κ2) is 6.64. The lowest BCUT2D eigenvalue weighted by Crippen LogP contribution is -2.43. The van der Waals surface area contributed by atoms with Gasteiger partial charge in [-0.15, -0.1) is 0 Å². The Morgan fingerprint density at radius 2 is 1.50 bits per heavy atom. The van der Waals surface area contributed by atoms with Crippen molar-refractivity contribution < 1.29 is 12.8 Å². The predicted molar refractivity (Wildman–Crippen MR) is 84.3 cm³/mol. The van der Waals surface area contributed by atoms with E-state index in [1.165, 1.54) is 12.1 Å². The van der Waals surface area contributed by atoms with Crippen LogP contribution in [0.15, 0.2) is 24.3 Å². The first-order valence-electron chi connectivity index (χ1n) is 8.08. The summed E-state index contributed by atoms with van der Waals surface area (Å²) in [7, 11) is -3.34. The van der Waals surface area contributed by atoms with Crippen LogP contribution in [0.3, 0.4) is 0 Å². The second-order valence-corrected chi connectivity index (χ2v) is 8.14. The largest absolute Gasteiger partial charge is 0.281 e. The first-order chi connectivity index (χ1) is 10.6. The first-order valence-corrected chi connectivity index (χ1v) is 9.48. The summed E-state index contributed by atoms with van der Waals surface area (Å²) in [6, 6.07) is 6.48. The molecule has 0 spiro atoms. The molecule has 4 nitrogen and oxygen atoms in total. The van der Waals surface area contributed by atoms with Crippen LogP contribution in [0, 0.1) is 5.82 Å². The molecule has 0 aromatic heterocycles. The van der Waals surface area contributed by atoms with Crippen molar-refractivity contribution in [3.8, 4) is 0 Å². The zero-order valence-electron chi connectivity index (χ0n) is 12.7. The fraction of sp³-hybridized carbons (Fsp3) is 0.625. The van der Waals surface area contributed by atoms with Crippen molar-refractivity contribution in [2.24, 2.45) is 0 Å². The Kier molecular flexibility index (Phi) is 4.80. The zero-order valence-corrected chi connectivity index (χ0v) is 13.6. The minimum atomic E-state index is -3.34. The summed E-state index contributed by atoms with van der Waals surface area (Å²) in [5, 5.41) is 0. The summed E-state index contributed by atoms with van der Waals surface area (Å²) < 4.78 is 41.9. The molecule has 3 rings (SSSR count). The van der Waals surface area contributed by atoms with Gasteiger partial charge in [0.1, 0.15) is 5.82 Å². The second-order valence-electron chi connectivity index (χ2n) is 6.22. The van der Waals surface area contributed by atoms with Crippen LogP contribution in [0.5, 0.6) is 0 Å². The van der Waals surface area contributed by atoms with Crippen molar-refractivity contribution in [1.82, 2.24) is 8.61 Å². The number of hydrogen-bond acceptors (Lipinski definition) is 2. The van der Waals surface area contributed by atoms with E-state index in [0.717, 1.165) is 37.7 Å². The lowest BCUT2D eigenvalue weighted by atomic mass is 9.95. The molecular weight excluding hydrogens is 303 g/mol. The van der Waals surface area contributed by atoms with Crippen molar-refractivity contribution in [2.75, 3.05) is 26.2 Å². The molecule has 0 radical (unpaired) electrons. The summed E-state index contributed by atoms with van der Waals surface area (Å²) in [4.78, 5) is 0. The van der Waals surface area contributed by atoms with E-state index in [1.54, 1.807) is 20.7 Å². The Labute approximate surface area is 132 Å². The van der Waals surface area contributed by atoms with Gasteiger partial charge < -0.3 is 0 Å². The third-order valence-electron chi connectivity index (χ3n) is 4.69. The van der Waals surface area contributed by atoms with E-state index in [4.69, 9.17) is 0 Å². The molecule has 6 heteroatoms. The third kappa shape index (κ3) is 3.34. The summed E-state index contributed by atoms with van der Waals surface area (Å²) in [5.41, 5.74) is 1.03.